The number of aromatic nitrogens is 2. The smallest absolute Gasteiger partial charge is 0.226 e. The summed E-state index contributed by atoms with van der Waals surface area (Å²) in [5, 5.41) is 14.2. The van der Waals surface area contributed by atoms with Gasteiger partial charge in [0.15, 0.2) is 11.3 Å². The number of aromatic amines is 1. The van der Waals surface area contributed by atoms with Gasteiger partial charge < -0.3 is 20.4 Å². The van der Waals surface area contributed by atoms with E-state index in [1.165, 1.54) is 0 Å². The molecule has 2 aliphatic heterocycles. The van der Waals surface area contributed by atoms with Gasteiger partial charge in [-0.2, -0.15) is 10.1 Å². The molecule has 164 valence electrons. The lowest BCUT2D eigenvalue weighted by atomic mass is 10.2. The fraction of sp³-hybridized carbons (Fsp3) is 0.261. The van der Waals surface area contributed by atoms with E-state index in [2.05, 4.69) is 61.9 Å². The van der Waals surface area contributed by atoms with Crippen molar-refractivity contribution in [3.05, 3.63) is 66.7 Å². The SMILES string of the molecule is CN1CCN(C2=NC(Sc3ccccc3)NC(Nc3cc(-c4ccccc4)[nH]n3)=N2)CC1. The molecule has 0 saturated carbocycles. The predicted molar refractivity (Wildman–Crippen MR) is 131 cm³/mol. The summed E-state index contributed by atoms with van der Waals surface area (Å²) in [7, 11) is 2.15. The molecule has 3 heterocycles. The van der Waals surface area contributed by atoms with Crippen LogP contribution in [0.5, 0.6) is 0 Å². The normalized spacial score (nSPS) is 19.2. The highest BCUT2D eigenvalue weighted by molar-refractivity contribution is 7.99. The second-order valence-corrected chi connectivity index (χ2v) is 8.92. The van der Waals surface area contributed by atoms with Crippen molar-refractivity contribution in [3.63, 3.8) is 0 Å². The van der Waals surface area contributed by atoms with Crippen LogP contribution < -0.4 is 10.6 Å². The van der Waals surface area contributed by atoms with E-state index in [0.29, 0.717) is 11.8 Å². The van der Waals surface area contributed by atoms with Crippen LogP contribution in [0.2, 0.25) is 0 Å². The second kappa shape index (κ2) is 9.46. The molecule has 0 amide bonds. The number of H-pyrrole nitrogens is 1. The van der Waals surface area contributed by atoms with Crippen LogP contribution in [0.4, 0.5) is 5.82 Å². The molecule has 0 radical (unpaired) electrons. The van der Waals surface area contributed by atoms with E-state index in [1.54, 1.807) is 11.8 Å². The van der Waals surface area contributed by atoms with Gasteiger partial charge in [0.1, 0.15) is 0 Å². The van der Waals surface area contributed by atoms with Gasteiger partial charge in [0.2, 0.25) is 11.9 Å². The second-order valence-electron chi connectivity index (χ2n) is 7.77. The Labute approximate surface area is 191 Å². The van der Waals surface area contributed by atoms with Crippen LogP contribution in [0.15, 0.2) is 81.6 Å². The predicted octanol–water partition coefficient (Wildman–Crippen LogP) is 3.13. The minimum atomic E-state index is -0.181. The van der Waals surface area contributed by atoms with Crippen LogP contribution in [0.3, 0.4) is 0 Å². The maximum Gasteiger partial charge on any atom is 0.226 e. The molecular weight excluding hydrogens is 420 g/mol. The van der Waals surface area contributed by atoms with Crippen molar-refractivity contribution in [1.82, 2.24) is 25.3 Å². The Morgan fingerprint density at radius 1 is 0.969 bits per heavy atom. The van der Waals surface area contributed by atoms with Crippen molar-refractivity contribution in [1.29, 1.82) is 0 Å². The zero-order chi connectivity index (χ0) is 21.8. The maximum absolute atomic E-state index is 4.89. The molecule has 1 aromatic heterocycles. The van der Waals surface area contributed by atoms with Gasteiger partial charge in [-0.25, -0.2) is 4.99 Å². The van der Waals surface area contributed by atoms with Gasteiger partial charge in [-0.15, -0.1) is 0 Å². The van der Waals surface area contributed by atoms with E-state index in [9.17, 15) is 0 Å². The van der Waals surface area contributed by atoms with Crippen molar-refractivity contribution in [3.8, 4) is 11.3 Å². The van der Waals surface area contributed by atoms with Crippen LogP contribution >= 0.6 is 11.8 Å². The molecule has 3 N–H and O–H groups in total. The molecule has 2 aliphatic rings. The number of guanidine groups is 2. The molecule has 1 fully saturated rings. The summed E-state index contributed by atoms with van der Waals surface area (Å²) in [6.45, 7) is 3.83. The van der Waals surface area contributed by atoms with E-state index >= 15 is 0 Å². The molecule has 0 aliphatic carbocycles. The Morgan fingerprint density at radius 3 is 2.44 bits per heavy atom. The fourth-order valence-corrected chi connectivity index (χ4v) is 4.48. The van der Waals surface area contributed by atoms with Gasteiger partial charge >= 0.3 is 0 Å². The van der Waals surface area contributed by atoms with Crippen LogP contribution in [-0.2, 0) is 0 Å². The number of piperazine rings is 1. The lowest BCUT2D eigenvalue weighted by Crippen LogP contribution is -2.50. The number of hydrogen-bond acceptors (Lipinski definition) is 8. The molecule has 2 aromatic carbocycles. The Kier molecular flexibility index (Phi) is 6.09. The van der Waals surface area contributed by atoms with E-state index in [0.717, 1.165) is 48.3 Å². The zero-order valence-electron chi connectivity index (χ0n) is 17.9. The molecule has 9 heteroatoms. The molecule has 32 heavy (non-hydrogen) atoms. The summed E-state index contributed by atoms with van der Waals surface area (Å²) < 4.78 is 0. The van der Waals surface area contributed by atoms with Gasteiger partial charge in [-0.3, -0.25) is 5.10 Å². The fourth-order valence-electron chi connectivity index (χ4n) is 3.59. The summed E-state index contributed by atoms with van der Waals surface area (Å²) in [5.74, 6) is 2.11. The third kappa shape index (κ3) is 4.95. The summed E-state index contributed by atoms with van der Waals surface area (Å²) in [5.41, 5.74) is 1.86. The Hall–Kier alpha value is -3.30. The first-order chi connectivity index (χ1) is 15.7. The zero-order valence-corrected chi connectivity index (χ0v) is 18.7. The quantitative estimate of drug-likeness (QED) is 0.571. The largest absolute Gasteiger partial charge is 0.338 e. The molecule has 0 spiro atoms. The van der Waals surface area contributed by atoms with Crippen LogP contribution in [0.25, 0.3) is 11.3 Å². The standard InChI is InChI=1S/C23H26N8S/c1-30-12-14-31(15-13-30)22-25-21(26-23(27-22)32-18-10-6-3-7-11-18)24-20-16-19(28-29-20)17-8-4-2-5-9-17/h2-11,16,23H,12-15H2,1H3,(H3,24,25,26,27,28,29). The van der Waals surface area contributed by atoms with Gasteiger partial charge in [0, 0.05) is 37.1 Å². The third-order valence-electron chi connectivity index (χ3n) is 5.39. The number of hydrogen-bond donors (Lipinski definition) is 3. The summed E-state index contributed by atoms with van der Waals surface area (Å²) in [4.78, 5) is 15.4. The van der Waals surface area contributed by atoms with Gasteiger partial charge in [-0.1, -0.05) is 60.3 Å². The van der Waals surface area contributed by atoms with E-state index < -0.39 is 0 Å². The van der Waals surface area contributed by atoms with E-state index in [1.807, 2.05) is 42.5 Å². The topological polar surface area (TPSA) is 83.9 Å². The molecule has 1 unspecified atom stereocenters. The highest BCUT2D eigenvalue weighted by Gasteiger charge is 2.24. The van der Waals surface area contributed by atoms with Gasteiger partial charge in [-0.05, 0) is 24.7 Å². The van der Waals surface area contributed by atoms with Crippen molar-refractivity contribution in [2.24, 2.45) is 9.98 Å². The number of likely N-dealkylation sites (N-methyl/N-ethyl adjacent to an activating group) is 1. The van der Waals surface area contributed by atoms with Crippen molar-refractivity contribution >= 4 is 29.5 Å². The Balaban J connectivity index is 1.35. The van der Waals surface area contributed by atoms with Crippen molar-refractivity contribution in [2.75, 3.05) is 38.5 Å². The average molecular weight is 447 g/mol. The average Bonchev–Trinajstić information content (AvgIpc) is 3.29. The minimum Gasteiger partial charge on any atom is -0.338 e. The van der Waals surface area contributed by atoms with E-state index in [-0.39, 0.29) is 5.50 Å². The minimum absolute atomic E-state index is 0.181. The first-order valence-corrected chi connectivity index (χ1v) is 11.6. The van der Waals surface area contributed by atoms with Gasteiger partial charge in [0.05, 0.1) is 5.69 Å². The molecule has 8 nitrogen and oxygen atoms in total. The summed E-state index contributed by atoms with van der Waals surface area (Å²) in [6, 6.07) is 22.4. The molecule has 3 aromatic rings. The molecule has 0 bridgehead atoms. The highest BCUT2D eigenvalue weighted by atomic mass is 32.2. The number of anilines is 1. The van der Waals surface area contributed by atoms with Crippen LogP contribution in [-0.4, -0.2) is 70.6 Å². The number of aliphatic imine (C=N–C) groups is 2. The van der Waals surface area contributed by atoms with Crippen LogP contribution in [0.1, 0.15) is 0 Å². The van der Waals surface area contributed by atoms with Gasteiger partial charge in [0.25, 0.3) is 0 Å². The van der Waals surface area contributed by atoms with E-state index in [4.69, 9.17) is 9.98 Å². The number of nitrogens with one attached hydrogen (secondary N) is 3. The molecule has 1 atom stereocenters. The first-order valence-electron chi connectivity index (χ1n) is 10.7. The Morgan fingerprint density at radius 2 is 1.69 bits per heavy atom. The summed E-state index contributed by atoms with van der Waals surface area (Å²) >= 11 is 1.66. The van der Waals surface area contributed by atoms with Crippen molar-refractivity contribution in [2.45, 2.75) is 10.4 Å². The van der Waals surface area contributed by atoms with Crippen LogP contribution in [0, 0.1) is 0 Å². The Bertz CT molecular complexity index is 1090. The number of rotatable bonds is 4. The lowest BCUT2D eigenvalue weighted by molar-refractivity contribution is 0.213. The number of nitrogens with zero attached hydrogens (tertiary/aromatic N) is 5. The lowest BCUT2D eigenvalue weighted by Gasteiger charge is -2.35. The molecular formula is C23H26N8S. The summed E-state index contributed by atoms with van der Waals surface area (Å²) in [6.07, 6.45) is 0. The van der Waals surface area contributed by atoms with Crippen molar-refractivity contribution < 1.29 is 0 Å². The highest BCUT2D eigenvalue weighted by Crippen LogP contribution is 2.25. The molecule has 5 rings (SSSR count). The number of benzene rings is 2. The monoisotopic (exact) mass is 446 g/mol. The molecule has 1 saturated heterocycles. The number of thioether (sulfide) groups is 1. The third-order valence-corrected chi connectivity index (χ3v) is 6.38. The maximum atomic E-state index is 4.89. The first kappa shape index (κ1) is 20.6.